The fourth-order valence-corrected chi connectivity index (χ4v) is 1.82. The highest BCUT2D eigenvalue weighted by atomic mass is 16.5. The summed E-state index contributed by atoms with van der Waals surface area (Å²) in [5, 5.41) is 3.31. The number of hydrogen-bond acceptors (Lipinski definition) is 4. The summed E-state index contributed by atoms with van der Waals surface area (Å²) in [6.07, 6.45) is 1.51. The molecule has 0 spiro atoms. The minimum Gasteiger partial charge on any atom is -0.478 e. The molecule has 4 nitrogen and oxygen atoms in total. The van der Waals surface area contributed by atoms with E-state index >= 15 is 0 Å². The Morgan fingerprint density at radius 1 is 1.21 bits per heavy atom. The second-order valence-corrected chi connectivity index (χ2v) is 4.37. The number of nitrogens with zero attached hydrogens (tertiary/aromatic N) is 2. The lowest BCUT2D eigenvalue weighted by Gasteiger charge is -2.13. The van der Waals surface area contributed by atoms with Crippen molar-refractivity contribution in [1.82, 2.24) is 9.97 Å². The molecule has 0 aliphatic heterocycles. The molecule has 2 rings (SSSR count). The molecule has 0 fully saturated rings. The van der Waals surface area contributed by atoms with Crippen LogP contribution in [0.2, 0.25) is 0 Å². The third-order valence-corrected chi connectivity index (χ3v) is 2.89. The Labute approximate surface area is 113 Å². The van der Waals surface area contributed by atoms with Gasteiger partial charge in [0.25, 0.3) is 0 Å². The molecule has 1 atom stereocenters. The van der Waals surface area contributed by atoms with Crippen molar-refractivity contribution in [3.63, 3.8) is 0 Å². The molecular weight excluding hydrogens is 238 g/mol. The first-order chi connectivity index (χ1) is 9.29. The van der Waals surface area contributed by atoms with Gasteiger partial charge in [-0.25, -0.2) is 9.97 Å². The highest BCUT2D eigenvalue weighted by Crippen LogP contribution is 2.16. The number of benzene rings is 1. The van der Waals surface area contributed by atoms with E-state index in [4.69, 9.17) is 4.74 Å². The van der Waals surface area contributed by atoms with Crippen LogP contribution in [-0.4, -0.2) is 23.1 Å². The lowest BCUT2D eigenvalue weighted by molar-refractivity contribution is 0.326. The van der Waals surface area contributed by atoms with Crippen LogP contribution in [0, 0.1) is 0 Å². The summed E-state index contributed by atoms with van der Waals surface area (Å²) in [7, 11) is 0. The quantitative estimate of drug-likeness (QED) is 0.863. The molecular formula is C15H19N3O. The molecule has 1 aromatic carbocycles. The van der Waals surface area contributed by atoms with Gasteiger partial charge in [-0.1, -0.05) is 37.3 Å². The molecule has 19 heavy (non-hydrogen) atoms. The number of nitrogens with one attached hydrogen (secondary N) is 1. The Morgan fingerprint density at radius 3 is 2.74 bits per heavy atom. The lowest BCUT2D eigenvalue weighted by atomic mass is 10.0. The van der Waals surface area contributed by atoms with Gasteiger partial charge in [-0.15, -0.1) is 0 Å². The maximum atomic E-state index is 5.35. The van der Waals surface area contributed by atoms with Crippen LogP contribution in [0.1, 0.15) is 25.3 Å². The van der Waals surface area contributed by atoms with Crippen molar-refractivity contribution in [2.24, 2.45) is 0 Å². The van der Waals surface area contributed by atoms with Crippen LogP contribution < -0.4 is 10.1 Å². The van der Waals surface area contributed by atoms with Gasteiger partial charge in [0, 0.05) is 12.6 Å². The normalized spacial score (nSPS) is 11.9. The maximum Gasteiger partial charge on any atom is 0.218 e. The fraction of sp³-hybridized carbons (Fsp3) is 0.333. The molecule has 4 heteroatoms. The van der Waals surface area contributed by atoms with Gasteiger partial charge in [0.15, 0.2) is 0 Å². The van der Waals surface area contributed by atoms with Gasteiger partial charge in [-0.05, 0) is 18.4 Å². The molecule has 1 heterocycles. The average Bonchev–Trinajstić information content (AvgIpc) is 2.46. The highest BCUT2D eigenvalue weighted by Gasteiger charge is 2.05. The Kier molecular flexibility index (Phi) is 4.72. The summed E-state index contributed by atoms with van der Waals surface area (Å²) >= 11 is 0. The Morgan fingerprint density at radius 2 is 2.00 bits per heavy atom. The van der Waals surface area contributed by atoms with E-state index in [0.717, 1.165) is 12.4 Å². The zero-order valence-corrected chi connectivity index (χ0v) is 11.3. The van der Waals surface area contributed by atoms with Crippen LogP contribution >= 0.6 is 0 Å². The average molecular weight is 257 g/mol. The van der Waals surface area contributed by atoms with E-state index in [9.17, 15) is 0 Å². The van der Waals surface area contributed by atoms with E-state index in [0.29, 0.717) is 18.4 Å². The predicted molar refractivity (Wildman–Crippen MR) is 76.5 cm³/mol. The highest BCUT2D eigenvalue weighted by molar-refractivity contribution is 5.37. The van der Waals surface area contributed by atoms with Crippen molar-refractivity contribution < 1.29 is 4.74 Å². The Balaban J connectivity index is 1.93. The van der Waals surface area contributed by atoms with Gasteiger partial charge in [0.05, 0.1) is 6.61 Å². The topological polar surface area (TPSA) is 47.0 Å². The molecule has 1 N–H and O–H groups in total. The van der Waals surface area contributed by atoms with Gasteiger partial charge in [-0.2, -0.15) is 0 Å². The summed E-state index contributed by atoms with van der Waals surface area (Å²) < 4.78 is 5.35. The van der Waals surface area contributed by atoms with Crippen LogP contribution in [0.3, 0.4) is 0 Å². The largest absolute Gasteiger partial charge is 0.478 e. The SMILES string of the molecule is CCOc1cc(NCC(C)c2ccccc2)ncn1. The minimum absolute atomic E-state index is 0.423. The minimum atomic E-state index is 0.423. The van der Waals surface area contributed by atoms with E-state index < -0.39 is 0 Å². The molecule has 0 amide bonds. The number of ether oxygens (including phenoxy) is 1. The van der Waals surface area contributed by atoms with Crippen molar-refractivity contribution in [2.45, 2.75) is 19.8 Å². The number of anilines is 1. The van der Waals surface area contributed by atoms with Crippen LogP contribution in [0.15, 0.2) is 42.7 Å². The number of rotatable bonds is 6. The lowest BCUT2D eigenvalue weighted by Crippen LogP contribution is -2.11. The first-order valence-electron chi connectivity index (χ1n) is 6.53. The Hall–Kier alpha value is -2.10. The van der Waals surface area contributed by atoms with Crippen molar-refractivity contribution in [3.8, 4) is 5.88 Å². The van der Waals surface area contributed by atoms with E-state index in [-0.39, 0.29) is 0 Å². The first-order valence-corrected chi connectivity index (χ1v) is 6.53. The third kappa shape index (κ3) is 3.95. The molecule has 0 saturated carbocycles. The molecule has 1 aromatic heterocycles. The number of aromatic nitrogens is 2. The zero-order chi connectivity index (χ0) is 13.5. The number of hydrogen-bond donors (Lipinski definition) is 1. The molecule has 0 saturated heterocycles. The summed E-state index contributed by atoms with van der Waals surface area (Å²) in [4.78, 5) is 8.23. The van der Waals surface area contributed by atoms with Crippen LogP contribution in [0.25, 0.3) is 0 Å². The summed E-state index contributed by atoms with van der Waals surface area (Å²) in [5.74, 6) is 1.82. The second kappa shape index (κ2) is 6.73. The molecule has 0 aliphatic rings. The van der Waals surface area contributed by atoms with Gasteiger partial charge < -0.3 is 10.1 Å². The first kappa shape index (κ1) is 13.3. The van der Waals surface area contributed by atoms with Crippen LogP contribution in [-0.2, 0) is 0 Å². The molecule has 100 valence electrons. The summed E-state index contributed by atoms with van der Waals surface area (Å²) in [5.41, 5.74) is 1.31. The van der Waals surface area contributed by atoms with Crippen molar-refractivity contribution in [3.05, 3.63) is 48.3 Å². The molecule has 2 aromatic rings. The van der Waals surface area contributed by atoms with E-state index in [1.807, 2.05) is 19.1 Å². The van der Waals surface area contributed by atoms with Gasteiger partial charge in [0.1, 0.15) is 12.1 Å². The maximum absolute atomic E-state index is 5.35. The molecule has 0 aliphatic carbocycles. The van der Waals surface area contributed by atoms with Gasteiger partial charge in [-0.3, -0.25) is 0 Å². The van der Waals surface area contributed by atoms with Gasteiger partial charge in [0.2, 0.25) is 5.88 Å². The van der Waals surface area contributed by atoms with E-state index in [1.165, 1.54) is 11.9 Å². The van der Waals surface area contributed by atoms with Crippen molar-refractivity contribution in [1.29, 1.82) is 0 Å². The summed E-state index contributed by atoms with van der Waals surface area (Å²) in [6, 6.07) is 12.2. The second-order valence-electron chi connectivity index (χ2n) is 4.37. The Bertz CT molecular complexity index is 502. The summed E-state index contributed by atoms with van der Waals surface area (Å²) in [6.45, 7) is 5.56. The van der Waals surface area contributed by atoms with Crippen LogP contribution in [0.4, 0.5) is 5.82 Å². The third-order valence-electron chi connectivity index (χ3n) is 2.89. The van der Waals surface area contributed by atoms with Gasteiger partial charge >= 0.3 is 0 Å². The van der Waals surface area contributed by atoms with Crippen LogP contribution in [0.5, 0.6) is 5.88 Å². The van der Waals surface area contributed by atoms with E-state index in [1.54, 1.807) is 0 Å². The predicted octanol–water partition coefficient (Wildman–Crippen LogP) is 3.09. The molecule has 0 bridgehead atoms. The smallest absolute Gasteiger partial charge is 0.218 e. The van der Waals surface area contributed by atoms with Crippen molar-refractivity contribution >= 4 is 5.82 Å². The zero-order valence-electron chi connectivity index (χ0n) is 11.3. The van der Waals surface area contributed by atoms with E-state index in [2.05, 4.69) is 46.5 Å². The fourth-order valence-electron chi connectivity index (χ4n) is 1.82. The van der Waals surface area contributed by atoms with Crippen molar-refractivity contribution in [2.75, 3.05) is 18.5 Å². The standard InChI is InChI=1S/C15H19N3O/c1-3-19-15-9-14(17-11-18-15)16-10-12(2)13-7-5-4-6-8-13/h4-9,11-12H,3,10H2,1-2H3,(H,16,17,18). The molecule has 1 unspecified atom stereocenters. The molecule has 0 radical (unpaired) electrons. The monoisotopic (exact) mass is 257 g/mol.